The van der Waals surface area contributed by atoms with Crippen molar-refractivity contribution < 1.29 is 9.90 Å². The van der Waals surface area contributed by atoms with E-state index in [1.54, 1.807) is 18.2 Å². The van der Waals surface area contributed by atoms with Crippen LogP contribution in [-0.2, 0) is 19.4 Å². The normalized spacial score (nSPS) is 17.9. The number of aliphatic hydroxyl groups excluding tert-OH is 1. The monoisotopic (exact) mass is 433 g/mol. The molecule has 1 amide bonds. The fourth-order valence-electron chi connectivity index (χ4n) is 4.52. The van der Waals surface area contributed by atoms with E-state index >= 15 is 0 Å². The molecule has 168 valence electrons. The quantitative estimate of drug-likeness (QED) is 0.581. The predicted molar refractivity (Wildman–Crippen MR) is 128 cm³/mol. The lowest BCUT2D eigenvalue weighted by atomic mass is 9.97. The van der Waals surface area contributed by atoms with Crippen molar-refractivity contribution in [1.29, 1.82) is 0 Å². The first kappa shape index (κ1) is 22.0. The Morgan fingerprint density at radius 1 is 1.16 bits per heavy atom. The summed E-state index contributed by atoms with van der Waals surface area (Å²) in [5, 5.41) is 13.9. The Bertz CT molecular complexity index is 1030. The van der Waals surface area contributed by atoms with Gasteiger partial charge in [0.1, 0.15) is 0 Å². The van der Waals surface area contributed by atoms with Crippen molar-refractivity contribution in [3.8, 4) is 0 Å². The molecule has 2 aliphatic rings. The van der Waals surface area contributed by atoms with Gasteiger partial charge in [-0.05, 0) is 41.7 Å². The molecule has 7 heteroatoms. The third-order valence-electron chi connectivity index (χ3n) is 6.12. The van der Waals surface area contributed by atoms with Gasteiger partial charge in [-0.1, -0.05) is 30.3 Å². The molecule has 7 nitrogen and oxygen atoms in total. The third kappa shape index (κ3) is 5.00. The van der Waals surface area contributed by atoms with Gasteiger partial charge in [0.2, 0.25) is 0 Å². The molecule has 1 atom stereocenters. The maximum Gasteiger partial charge on any atom is 0.254 e. The molecule has 2 aromatic rings. The van der Waals surface area contributed by atoms with Crippen LogP contribution in [0.25, 0.3) is 0 Å². The minimum atomic E-state index is -0.584. The standard InChI is InChI=1S/C25H31N5O2/c1-27-14-22(13-26)28-21-7-6-19-9-11-30(25(32)24(19)12-21)17-23(31)16-29-10-8-18-4-2-3-5-20(18)15-29/h2-7,12-14,23,28,31H,8-11,15-17,26H2,1H3/b22-13+,27-14?. The van der Waals surface area contributed by atoms with Crippen LogP contribution in [0.4, 0.5) is 5.69 Å². The molecule has 2 heterocycles. The average molecular weight is 434 g/mol. The van der Waals surface area contributed by atoms with Crippen molar-refractivity contribution in [3.05, 3.63) is 76.6 Å². The summed E-state index contributed by atoms with van der Waals surface area (Å²) in [4.78, 5) is 21.2. The zero-order valence-electron chi connectivity index (χ0n) is 18.5. The third-order valence-corrected chi connectivity index (χ3v) is 6.12. The molecule has 0 fully saturated rings. The molecule has 2 aromatic carbocycles. The molecule has 0 saturated heterocycles. The van der Waals surface area contributed by atoms with Gasteiger partial charge in [0.05, 0.1) is 11.8 Å². The fourth-order valence-corrected chi connectivity index (χ4v) is 4.52. The van der Waals surface area contributed by atoms with Crippen molar-refractivity contribution in [3.63, 3.8) is 0 Å². The summed E-state index contributed by atoms with van der Waals surface area (Å²) in [7, 11) is 1.67. The molecular formula is C25H31N5O2. The predicted octanol–water partition coefficient (Wildman–Crippen LogP) is 2.02. The minimum absolute atomic E-state index is 0.0413. The lowest BCUT2D eigenvalue weighted by molar-refractivity contribution is 0.0493. The van der Waals surface area contributed by atoms with Crippen LogP contribution in [0.2, 0.25) is 0 Å². The van der Waals surface area contributed by atoms with E-state index in [0.717, 1.165) is 37.2 Å². The Morgan fingerprint density at radius 2 is 1.94 bits per heavy atom. The molecule has 0 radical (unpaired) electrons. The maximum absolute atomic E-state index is 13.1. The number of nitrogens with one attached hydrogen (secondary N) is 1. The van der Waals surface area contributed by atoms with Gasteiger partial charge in [0.15, 0.2) is 0 Å². The summed E-state index contributed by atoms with van der Waals surface area (Å²) in [6, 6.07) is 14.2. The Kier molecular flexibility index (Phi) is 6.87. The zero-order chi connectivity index (χ0) is 22.5. The number of benzene rings is 2. The van der Waals surface area contributed by atoms with Crippen LogP contribution in [0.3, 0.4) is 0 Å². The van der Waals surface area contributed by atoms with Gasteiger partial charge in [-0.2, -0.15) is 0 Å². The number of allylic oxidation sites excluding steroid dienone is 1. The first-order chi connectivity index (χ1) is 15.6. The van der Waals surface area contributed by atoms with Crippen LogP contribution >= 0.6 is 0 Å². The molecule has 0 spiro atoms. The second kappa shape index (κ2) is 9.97. The van der Waals surface area contributed by atoms with Gasteiger partial charge in [0.25, 0.3) is 5.91 Å². The van der Waals surface area contributed by atoms with Crippen molar-refractivity contribution in [2.24, 2.45) is 10.7 Å². The Morgan fingerprint density at radius 3 is 2.72 bits per heavy atom. The molecule has 0 bridgehead atoms. The van der Waals surface area contributed by atoms with Crippen LogP contribution in [0.1, 0.15) is 27.0 Å². The lowest BCUT2D eigenvalue weighted by Gasteiger charge is -2.34. The molecule has 2 aliphatic heterocycles. The number of carbonyl (C=O) groups is 1. The van der Waals surface area contributed by atoms with Crippen LogP contribution in [0.5, 0.6) is 0 Å². The van der Waals surface area contributed by atoms with Gasteiger partial charge in [-0.25, -0.2) is 0 Å². The maximum atomic E-state index is 13.1. The first-order valence-electron chi connectivity index (χ1n) is 11.1. The largest absolute Gasteiger partial charge is 0.403 e. The highest BCUT2D eigenvalue weighted by Crippen LogP contribution is 2.24. The molecule has 0 saturated carbocycles. The average Bonchev–Trinajstić information content (AvgIpc) is 2.81. The summed E-state index contributed by atoms with van der Waals surface area (Å²) < 4.78 is 0. The number of rotatable bonds is 7. The summed E-state index contributed by atoms with van der Waals surface area (Å²) in [5.74, 6) is -0.0413. The molecule has 4 N–H and O–H groups in total. The van der Waals surface area contributed by atoms with E-state index in [-0.39, 0.29) is 5.91 Å². The van der Waals surface area contributed by atoms with Crippen LogP contribution in [0.15, 0.2) is 59.4 Å². The van der Waals surface area contributed by atoms with Gasteiger partial charge in [-0.15, -0.1) is 0 Å². The Hall–Kier alpha value is -3.16. The topological polar surface area (TPSA) is 94.2 Å². The number of nitrogens with two attached hydrogens (primary N) is 1. The number of hydrogen-bond acceptors (Lipinski definition) is 6. The number of aliphatic hydroxyl groups is 1. The van der Waals surface area contributed by atoms with E-state index in [0.29, 0.717) is 30.9 Å². The number of anilines is 1. The van der Waals surface area contributed by atoms with Gasteiger partial charge < -0.3 is 21.1 Å². The fraction of sp³-hybridized carbons (Fsp3) is 0.360. The molecule has 4 rings (SSSR count). The number of aliphatic imine (C=N–C) groups is 1. The second-order valence-corrected chi connectivity index (χ2v) is 8.42. The Labute approximate surface area is 189 Å². The van der Waals surface area contributed by atoms with Crippen LogP contribution in [-0.4, -0.2) is 66.4 Å². The molecule has 32 heavy (non-hydrogen) atoms. The van der Waals surface area contributed by atoms with Crippen molar-refractivity contribution in [1.82, 2.24) is 9.80 Å². The highest BCUT2D eigenvalue weighted by atomic mass is 16.3. The van der Waals surface area contributed by atoms with E-state index in [4.69, 9.17) is 5.73 Å². The van der Waals surface area contributed by atoms with Crippen molar-refractivity contribution in [2.75, 3.05) is 38.5 Å². The first-order valence-corrected chi connectivity index (χ1v) is 11.1. The molecular weight excluding hydrogens is 402 g/mol. The van der Waals surface area contributed by atoms with E-state index < -0.39 is 6.10 Å². The summed E-state index contributed by atoms with van der Waals surface area (Å²) in [6.07, 6.45) is 4.26. The van der Waals surface area contributed by atoms with E-state index in [9.17, 15) is 9.90 Å². The van der Waals surface area contributed by atoms with Crippen LogP contribution in [0, 0.1) is 0 Å². The molecule has 1 unspecified atom stereocenters. The van der Waals surface area contributed by atoms with Gasteiger partial charge in [0, 0.05) is 63.4 Å². The summed E-state index contributed by atoms with van der Waals surface area (Å²) in [5.41, 5.74) is 11.5. The number of amides is 1. The number of carbonyl (C=O) groups excluding carboxylic acids is 1. The summed E-state index contributed by atoms with van der Waals surface area (Å²) >= 11 is 0. The number of nitrogens with zero attached hydrogens (tertiary/aromatic N) is 3. The highest BCUT2D eigenvalue weighted by Gasteiger charge is 2.27. The van der Waals surface area contributed by atoms with Gasteiger partial charge >= 0.3 is 0 Å². The van der Waals surface area contributed by atoms with E-state index in [1.807, 2.05) is 18.2 Å². The molecule has 0 aromatic heterocycles. The summed E-state index contributed by atoms with van der Waals surface area (Å²) in [6.45, 7) is 3.29. The smallest absolute Gasteiger partial charge is 0.254 e. The highest BCUT2D eigenvalue weighted by molar-refractivity contribution is 5.98. The van der Waals surface area contributed by atoms with Crippen molar-refractivity contribution >= 4 is 17.8 Å². The number of fused-ring (bicyclic) bond motifs is 2. The SMILES string of the molecule is CN=C/C(=C\N)Nc1ccc2c(c1)C(=O)N(CC(O)CN1CCc3ccccc3C1)CC2. The van der Waals surface area contributed by atoms with E-state index in [2.05, 4.69) is 39.5 Å². The Balaban J connectivity index is 1.38. The number of hydrogen-bond donors (Lipinski definition) is 3. The zero-order valence-corrected chi connectivity index (χ0v) is 18.5. The van der Waals surface area contributed by atoms with E-state index in [1.165, 1.54) is 17.3 Å². The van der Waals surface area contributed by atoms with Crippen LogP contribution < -0.4 is 11.1 Å². The number of β-amino-alcohol motifs (C(OH)–C–C–N with tert-alkyl or cyclic N) is 1. The molecule has 0 aliphatic carbocycles. The van der Waals surface area contributed by atoms with Gasteiger partial charge in [-0.3, -0.25) is 14.7 Å². The second-order valence-electron chi connectivity index (χ2n) is 8.42. The lowest BCUT2D eigenvalue weighted by Crippen LogP contribution is -2.46. The van der Waals surface area contributed by atoms with Crippen molar-refractivity contribution in [2.45, 2.75) is 25.5 Å². The minimum Gasteiger partial charge on any atom is -0.403 e.